The number of morpholine rings is 1. The molecule has 0 saturated carbocycles. The third-order valence-corrected chi connectivity index (χ3v) is 7.30. The molecule has 8 heteroatoms. The van der Waals surface area contributed by atoms with Gasteiger partial charge < -0.3 is 14.5 Å². The number of aromatic nitrogens is 2. The third kappa shape index (κ3) is 4.16. The average Bonchev–Trinajstić information content (AvgIpc) is 3.37. The number of carbonyl (C=O) groups is 2. The second-order valence-electron chi connectivity index (χ2n) is 8.42. The first-order valence-electron chi connectivity index (χ1n) is 10.6. The fourth-order valence-corrected chi connectivity index (χ4v) is 5.04. The molecule has 2 fully saturated rings. The highest BCUT2D eigenvalue weighted by Gasteiger charge is 2.41. The number of piperidine rings is 1. The van der Waals surface area contributed by atoms with Crippen LogP contribution in [0.25, 0.3) is 0 Å². The molecule has 2 aliphatic rings. The summed E-state index contributed by atoms with van der Waals surface area (Å²) in [6, 6.07) is 1.87. The summed E-state index contributed by atoms with van der Waals surface area (Å²) < 4.78 is 8.10. The maximum absolute atomic E-state index is 12.9. The second kappa shape index (κ2) is 8.51. The number of amides is 2. The molecule has 0 atom stereocenters. The lowest BCUT2D eigenvalue weighted by Gasteiger charge is -2.47. The molecule has 4 rings (SSSR count). The Kier molecular flexibility index (Phi) is 5.97. The summed E-state index contributed by atoms with van der Waals surface area (Å²) in [6.07, 6.45) is 1.98. The molecule has 2 amide bonds. The Morgan fingerprint density at radius 3 is 2.57 bits per heavy atom. The number of ether oxygens (including phenoxy) is 1. The number of carbonyl (C=O) groups excluding carboxylic acids is 2. The van der Waals surface area contributed by atoms with E-state index in [4.69, 9.17) is 4.74 Å². The Labute approximate surface area is 181 Å². The zero-order chi connectivity index (χ0) is 21.3. The molecule has 0 aliphatic carbocycles. The number of hydrogen-bond donors (Lipinski definition) is 0. The maximum Gasteiger partial charge on any atom is 0.254 e. The maximum atomic E-state index is 12.9. The molecule has 30 heavy (non-hydrogen) atoms. The van der Waals surface area contributed by atoms with Gasteiger partial charge in [-0.3, -0.25) is 14.3 Å². The Morgan fingerprint density at radius 1 is 1.17 bits per heavy atom. The fraction of sp³-hybridized carbons (Fsp3) is 0.591. The fourth-order valence-electron chi connectivity index (χ4n) is 4.41. The van der Waals surface area contributed by atoms with Crippen LogP contribution in [0.5, 0.6) is 0 Å². The van der Waals surface area contributed by atoms with Crippen molar-refractivity contribution in [3.63, 3.8) is 0 Å². The van der Waals surface area contributed by atoms with Crippen molar-refractivity contribution in [2.24, 2.45) is 0 Å². The van der Waals surface area contributed by atoms with Crippen LogP contribution in [0.2, 0.25) is 0 Å². The topological polar surface area (TPSA) is 67.7 Å². The summed E-state index contributed by atoms with van der Waals surface area (Å²) in [6.45, 7) is 9.86. The lowest BCUT2D eigenvalue weighted by Crippen LogP contribution is -2.58. The summed E-state index contributed by atoms with van der Waals surface area (Å²) >= 11 is 1.54. The SMILES string of the molecule is Cc1nn(CCC(=O)N2CCOC3(CCN(C(=O)c4ccsc4)CC3)C2)c(C)c1C. The summed E-state index contributed by atoms with van der Waals surface area (Å²) in [5.74, 6) is 0.245. The molecule has 2 saturated heterocycles. The molecule has 0 N–H and O–H groups in total. The Hall–Kier alpha value is -2.19. The second-order valence-corrected chi connectivity index (χ2v) is 9.20. The van der Waals surface area contributed by atoms with E-state index in [1.54, 1.807) is 11.3 Å². The van der Waals surface area contributed by atoms with Gasteiger partial charge in [0, 0.05) is 50.2 Å². The summed E-state index contributed by atoms with van der Waals surface area (Å²) in [7, 11) is 0. The highest BCUT2D eigenvalue weighted by atomic mass is 32.1. The molecule has 0 unspecified atom stereocenters. The van der Waals surface area contributed by atoms with Crippen molar-refractivity contribution in [1.29, 1.82) is 0 Å². The quantitative estimate of drug-likeness (QED) is 0.748. The first-order valence-corrected chi connectivity index (χ1v) is 11.6. The Morgan fingerprint density at radius 2 is 1.93 bits per heavy atom. The van der Waals surface area contributed by atoms with Crippen molar-refractivity contribution < 1.29 is 14.3 Å². The summed E-state index contributed by atoms with van der Waals surface area (Å²) in [5.41, 5.74) is 3.78. The van der Waals surface area contributed by atoms with Crippen molar-refractivity contribution in [3.05, 3.63) is 39.3 Å². The summed E-state index contributed by atoms with van der Waals surface area (Å²) in [5, 5.41) is 8.37. The number of likely N-dealkylation sites (tertiary alicyclic amines) is 1. The predicted molar refractivity (Wildman–Crippen MR) is 116 cm³/mol. The zero-order valence-corrected chi connectivity index (χ0v) is 18.8. The molecule has 0 radical (unpaired) electrons. The van der Waals surface area contributed by atoms with E-state index in [0.717, 1.165) is 29.8 Å². The van der Waals surface area contributed by atoms with Gasteiger partial charge in [-0.1, -0.05) is 0 Å². The molecule has 162 valence electrons. The normalized spacial score (nSPS) is 18.8. The van der Waals surface area contributed by atoms with E-state index in [2.05, 4.69) is 18.9 Å². The van der Waals surface area contributed by atoms with E-state index in [1.165, 1.54) is 5.56 Å². The number of aryl methyl sites for hydroxylation is 2. The van der Waals surface area contributed by atoms with Gasteiger partial charge in [0.2, 0.25) is 5.91 Å². The van der Waals surface area contributed by atoms with Gasteiger partial charge in [-0.25, -0.2) is 0 Å². The van der Waals surface area contributed by atoms with Crippen molar-refractivity contribution in [2.45, 2.75) is 52.2 Å². The number of thiophene rings is 1. The van der Waals surface area contributed by atoms with Gasteiger partial charge in [-0.05, 0) is 50.6 Å². The Balaban J connectivity index is 1.32. The predicted octanol–water partition coefficient (Wildman–Crippen LogP) is 2.79. The minimum atomic E-state index is -0.325. The van der Waals surface area contributed by atoms with Gasteiger partial charge in [0.25, 0.3) is 5.91 Å². The van der Waals surface area contributed by atoms with Gasteiger partial charge in [0.05, 0.1) is 23.5 Å². The van der Waals surface area contributed by atoms with E-state index in [-0.39, 0.29) is 17.4 Å². The molecule has 7 nitrogen and oxygen atoms in total. The van der Waals surface area contributed by atoms with E-state index >= 15 is 0 Å². The first kappa shape index (κ1) is 21.1. The van der Waals surface area contributed by atoms with E-state index in [0.29, 0.717) is 45.8 Å². The molecular formula is C22H30N4O3S. The lowest BCUT2D eigenvalue weighted by atomic mass is 9.89. The Bertz CT molecular complexity index is 913. The molecule has 0 bridgehead atoms. The van der Waals surface area contributed by atoms with Crippen LogP contribution in [-0.4, -0.2) is 69.8 Å². The standard InChI is InChI=1S/C22H30N4O3S/c1-16-17(2)23-26(18(16)3)8-4-20(27)25-11-12-29-22(15-25)6-9-24(10-7-22)21(28)19-5-13-30-14-19/h5,13-14H,4,6-12,15H2,1-3H3. The van der Waals surface area contributed by atoms with Gasteiger partial charge in [0.1, 0.15) is 0 Å². The monoisotopic (exact) mass is 430 g/mol. The van der Waals surface area contributed by atoms with Crippen LogP contribution in [0.1, 0.15) is 46.6 Å². The van der Waals surface area contributed by atoms with E-state index in [9.17, 15) is 9.59 Å². The van der Waals surface area contributed by atoms with E-state index in [1.807, 2.05) is 38.2 Å². The zero-order valence-electron chi connectivity index (χ0n) is 18.0. The molecule has 1 spiro atoms. The molecular weight excluding hydrogens is 400 g/mol. The van der Waals surface area contributed by atoms with Crippen LogP contribution in [0.3, 0.4) is 0 Å². The highest BCUT2D eigenvalue weighted by Crippen LogP contribution is 2.31. The summed E-state index contributed by atoms with van der Waals surface area (Å²) in [4.78, 5) is 29.3. The van der Waals surface area contributed by atoms with Crippen LogP contribution in [0.15, 0.2) is 16.8 Å². The molecule has 2 aliphatic heterocycles. The van der Waals surface area contributed by atoms with Crippen LogP contribution in [-0.2, 0) is 16.1 Å². The van der Waals surface area contributed by atoms with Gasteiger partial charge in [-0.15, -0.1) is 0 Å². The van der Waals surface area contributed by atoms with Crippen LogP contribution in [0, 0.1) is 20.8 Å². The van der Waals surface area contributed by atoms with Crippen molar-refractivity contribution in [3.8, 4) is 0 Å². The number of rotatable bonds is 4. The number of hydrogen-bond acceptors (Lipinski definition) is 5. The van der Waals surface area contributed by atoms with Gasteiger partial charge in [0.15, 0.2) is 0 Å². The average molecular weight is 431 g/mol. The van der Waals surface area contributed by atoms with Crippen LogP contribution >= 0.6 is 11.3 Å². The highest BCUT2D eigenvalue weighted by molar-refractivity contribution is 7.08. The lowest BCUT2D eigenvalue weighted by molar-refractivity contribution is -0.158. The molecule has 4 heterocycles. The first-order chi connectivity index (χ1) is 14.4. The molecule has 0 aromatic carbocycles. The van der Waals surface area contributed by atoms with E-state index < -0.39 is 0 Å². The largest absolute Gasteiger partial charge is 0.371 e. The van der Waals surface area contributed by atoms with Crippen LogP contribution < -0.4 is 0 Å². The van der Waals surface area contributed by atoms with Gasteiger partial charge >= 0.3 is 0 Å². The molecule has 2 aromatic heterocycles. The van der Waals surface area contributed by atoms with Crippen molar-refractivity contribution >= 4 is 23.2 Å². The smallest absolute Gasteiger partial charge is 0.254 e. The van der Waals surface area contributed by atoms with Gasteiger partial charge in [-0.2, -0.15) is 16.4 Å². The third-order valence-electron chi connectivity index (χ3n) is 6.61. The number of nitrogens with zero attached hydrogens (tertiary/aromatic N) is 4. The van der Waals surface area contributed by atoms with Crippen LogP contribution in [0.4, 0.5) is 0 Å². The van der Waals surface area contributed by atoms with Crippen molar-refractivity contribution in [2.75, 3.05) is 32.8 Å². The van der Waals surface area contributed by atoms with Crippen molar-refractivity contribution in [1.82, 2.24) is 19.6 Å². The minimum absolute atomic E-state index is 0.0926. The minimum Gasteiger partial charge on any atom is -0.371 e. The molecule has 2 aromatic rings.